The van der Waals surface area contributed by atoms with Gasteiger partial charge in [0.1, 0.15) is 5.75 Å². The summed E-state index contributed by atoms with van der Waals surface area (Å²) in [5.41, 5.74) is 3.14. The number of benzene rings is 2. The molecule has 0 unspecified atom stereocenters. The standard InChI is InChI=1S/C21H26N2O2/c1-16-8-10-17(11-9-16)20(23-12-3-4-13-23)15-22-21(24)18-6-5-7-19(14-18)25-2/h5-11,14,20H,3-4,12-13,15H2,1-2H3,(H,22,24)/t20-/m1/s1. The molecule has 1 aliphatic rings. The normalized spacial score (nSPS) is 15.8. The molecule has 132 valence electrons. The van der Waals surface area contributed by atoms with Gasteiger partial charge in [0.05, 0.1) is 13.2 Å². The molecule has 2 aromatic rings. The van der Waals surface area contributed by atoms with E-state index in [4.69, 9.17) is 4.74 Å². The first-order chi connectivity index (χ1) is 12.2. The Bertz CT molecular complexity index is 706. The smallest absolute Gasteiger partial charge is 0.251 e. The summed E-state index contributed by atoms with van der Waals surface area (Å²) in [6.07, 6.45) is 2.46. The zero-order chi connectivity index (χ0) is 17.6. The highest BCUT2D eigenvalue weighted by Crippen LogP contribution is 2.25. The second-order valence-corrected chi connectivity index (χ2v) is 6.61. The van der Waals surface area contributed by atoms with Gasteiger partial charge in [-0.2, -0.15) is 0 Å². The lowest BCUT2D eigenvalue weighted by atomic mass is 10.0. The summed E-state index contributed by atoms with van der Waals surface area (Å²) in [7, 11) is 1.61. The van der Waals surface area contributed by atoms with E-state index in [0.29, 0.717) is 17.9 Å². The van der Waals surface area contributed by atoms with Gasteiger partial charge in [-0.1, -0.05) is 35.9 Å². The van der Waals surface area contributed by atoms with Gasteiger partial charge in [0.15, 0.2) is 0 Å². The maximum Gasteiger partial charge on any atom is 0.251 e. The number of nitrogens with one attached hydrogen (secondary N) is 1. The minimum absolute atomic E-state index is 0.0600. The van der Waals surface area contributed by atoms with Crippen molar-refractivity contribution in [2.75, 3.05) is 26.7 Å². The summed E-state index contributed by atoms with van der Waals surface area (Å²) in [4.78, 5) is 15.0. The van der Waals surface area contributed by atoms with Gasteiger partial charge in [-0.05, 0) is 56.6 Å². The first-order valence-electron chi connectivity index (χ1n) is 8.90. The Morgan fingerprint density at radius 1 is 1.16 bits per heavy atom. The van der Waals surface area contributed by atoms with Crippen LogP contribution in [-0.4, -0.2) is 37.6 Å². The highest BCUT2D eigenvalue weighted by Gasteiger charge is 2.24. The summed E-state index contributed by atoms with van der Waals surface area (Å²) in [5, 5.41) is 3.10. The van der Waals surface area contributed by atoms with Crippen LogP contribution < -0.4 is 10.1 Å². The van der Waals surface area contributed by atoms with Crippen LogP contribution in [0.4, 0.5) is 0 Å². The number of hydrogen-bond donors (Lipinski definition) is 1. The van der Waals surface area contributed by atoms with Crippen molar-refractivity contribution in [1.29, 1.82) is 0 Å². The number of hydrogen-bond acceptors (Lipinski definition) is 3. The highest BCUT2D eigenvalue weighted by molar-refractivity contribution is 5.94. The lowest BCUT2D eigenvalue weighted by Crippen LogP contribution is -2.36. The summed E-state index contributed by atoms with van der Waals surface area (Å²) in [6.45, 7) is 4.89. The molecule has 3 rings (SSSR count). The zero-order valence-electron chi connectivity index (χ0n) is 15.0. The first kappa shape index (κ1) is 17.5. The molecule has 4 heteroatoms. The first-order valence-corrected chi connectivity index (χ1v) is 8.90. The van der Waals surface area contributed by atoms with Crippen molar-refractivity contribution >= 4 is 5.91 Å². The van der Waals surface area contributed by atoms with Crippen molar-refractivity contribution in [3.63, 3.8) is 0 Å². The van der Waals surface area contributed by atoms with Gasteiger partial charge in [-0.3, -0.25) is 9.69 Å². The number of likely N-dealkylation sites (tertiary alicyclic amines) is 1. The maximum absolute atomic E-state index is 12.5. The predicted molar refractivity (Wildman–Crippen MR) is 100 cm³/mol. The Kier molecular flexibility index (Phi) is 5.71. The SMILES string of the molecule is COc1cccc(C(=O)NC[C@H](c2ccc(C)cc2)N2CCCC2)c1. The van der Waals surface area contributed by atoms with Gasteiger partial charge in [0, 0.05) is 12.1 Å². The van der Waals surface area contributed by atoms with Gasteiger partial charge < -0.3 is 10.1 Å². The maximum atomic E-state index is 12.5. The highest BCUT2D eigenvalue weighted by atomic mass is 16.5. The molecule has 1 fully saturated rings. The van der Waals surface area contributed by atoms with Crippen molar-refractivity contribution in [2.45, 2.75) is 25.8 Å². The van der Waals surface area contributed by atoms with Crippen LogP contribution in [0.3, 0.4) is 0 Å². The molecule has 1 saturated heterocycles. The number of methoxy groups -OCH3 is 1. The minimum atomic E-state index is -0.0600. The van der Waals surface area contributed by atoms with Gasteiger partial charge in [-0.15, -0.1) is 0 Å². The molecule has 4 nitrogen and oxygen atoms in total. The van der Waals surface area contributed by atoms with E-state index in [1.165, 1.54) is 24.0 Å². The Morgan fingerprint density at radius 2 is 1.88 bits per heavy atom. The summed E-state index contributed by atoms with van der Waals surface area (Å²) < 4.78 is 5.20. The quantitative estimate of drug-likeness (QED) is 0.875. The van der Waals surface area contributed by atoms with Crippen LogP contribution in [0.15, 0.2) is 48.5 Å². The molecule has 1 atom stereocenters. The topological polar surface area (TPSA) is 41.6 Å². The van der Waals surface area contributed by atoms with Gasteiger partial charge >= 0.3 is 0 Å². The summed E-state index contributed by atoms with van der Waals surface area (Å²) in [5.74, 6) is 0.637. The van der Waals surface area contributed by atoms with E-state index in [1.54, 1.807) is 13.2 Å². The molecular weight excluding hydrogens is 312 g/mol. The molecule has 25 heavy (non-hydrogen) atoms. The lowest BCUT2D eigenvalue weighted by molar-refractivity contribution is 0.0937. The van der Waals surface area contributed by atoms with Crippen LogP contribution in [0.1, 0.15) is 40.4 Å². The Hall–Kier alpha value is -2.33. The van der Waals surface area contributed by atoms with Crippen LogP contribution in [0.5, 0.6) is 5.75 Å². The van der Waals surface area contributed by atoms with Gasteiger partial charge in [0.2, 0.25) is 0 Å². The molecule has 0 spiro atoms. The number of amides is 1. The third-order valence-corrected chi connectivity index (χ3v) is 4.83. The van der Waals surface area contributed by atoms with E-state index < -0.39 is 0 Å². The second kappa shape index (κ2) is 8.17. The third kappa shape index (κ3) is 4.40. The van der Waals surface area contributed by atoms with Crippen molar-refractivity contribution < 1.29 is 9.53 Å². The van der Waals surface area contributed by atoms with Crippen LogP contribution >= 0.6 is 0 Å². The zero-order valence-corrected chi connectivity index (χ0v) is 15.0. The fraction of sp³-hybridized carbons (Fsp3) is 0.381. The number of ether oxygens (including phenoxy) is 1. The van der Waals surface area contributed by atoms with Gasteiger partial charge in [0.25, 0.3) is 5.91 Å². The molecule has 2 aromatic carbocycles. The molecule has 0 radical (unpaired) electrons. The fourth-order valence-corrected chi connectivity index (χ4v) is 3.36. The van der Waals surface area contributed by atoms with Crippen molar-refractivity contribution in [1.82, 2.24) is 10.2 Å². The van der Waals surface area contributed by atoms with Crippen LogP contribution in [0, 0.1) is 6.92 Å². The molecule has 0 aliphatic carbocycles. The number of aryl methyl sites for hydroxylation is 1. The van der Waals surface area contributed by atoms with Crippen molar-refractivity contribution in [3.05, 3.63) is 65.2 Å². The average Bonchev–Trinajstić information content (AvgIpc) is 3.17. The number of carbonyl (C=O) groups is 1. The molecule has 1 amide bonds. The van der Waals surface area contributed by atoms with E-state index in [-0.39, 0.29) is 11.9 Å². The predicted octanol–water partition coefficient (Wildman–Crippen LogP) is 3.57. The molecule has 1 aliphatic heterocycles. The minimum Gasteiger partial charge on any atom is -0.497 e. The van der Waals surface area contributed by atoms with E-state index in [1.807, 2.05) is 18.2 Å². The Labute approximate surface area is 149 Å². The van der Waals surface area contributed by atoms with E-state index in [9.17, 15) is 4.79 Å². The number of rotatable bonds is 6. The molecule has 1 N–H and O–H groups in total. The van der Waals surface area contributed by atoms with E-state index in [0.717, 1.165) is 13.1 Å². The summed E-state index contributed by atoms with van der Waals surface area (Å²) >= 11 is 0. The Balaban J connectivity index is 1.71. The number of nitrogens with zero attached hydrogens (tertiary/aromatic N) is 1. The molecule has 0 aromatic heterocycles. The van der Waals surface area contributed by atoms with Crippen LogP contribution in [-0.2, 0) is 0 Å². The fourth-order valence-electron chi connectivity index (χ4n) is 3.36. The molecular formula is C21H26N2O2. The molecule has 0 saturated carbocycles. The molecule has 0 bridgehead atoms. The van der Waals surface area contributed by atoms with Crippen LogP contribution in [0.25, 0.3) is 0 Å². The third-order valence-electron chi connectivity index (χ3n) is 4.83. The number of carbonyl (C=O) groups excluding carboxylic acids is 1. The van der Waals surface area contributed by atoms with E-state index in [2.05, 4.69) is 41.4 Å². The molecule has 1 heterocycles. The van der Waals surface area contributed by atoms with Gasteiger partial charge in [-0.25, -0.2) is 0 Å². The van der Waals surface area contributed by atoms with Crippen molar-refractivity contribution in [2.24, 2.45) is 0 Å². The van der Waals surface area contributed by atoms with Crippen molar-refractivity contribution in [3.8, 4) is 5.75 Å². The second-order valence-electron chi connectivity index (χ2n) is 6.61. The monoisotopic (exact) mass is 338 g/mol. The average molecular weight is 338 g/mol. The largest absolute Gasteiger partial charge is 0.497 e. The van der Waals surface area contributed by atoms with E-state index >= 15 is 0 Å². The lowest BCUT2D eigenvalue weighted by Gasteiger charge is -2.28. The van der Waals surface area contributed by atoms with Crippen LogP contribution in [0.2, 0.25) is 0 Å². The Morgan fingerprint density at radius 3 is 2.56 bits per heavy atom. The summed E-state index contributed by atoms with van der Waals surface area (Å²) in [6, 6.07) is 16.1.